The average molecular weight is 294 g/mol. The van der Waals surface area contributed by atoms with Gasteiger partial charge < -0.3 is 5.73 Å². The van der Waals surface area contributed by atoms with Gasteiger partial charge in [-0.15, -0.1) is 0 Å². The zero-order valence-electron chi connectivity index (χ0n) is 12.2. The van der Waals surface area contributed by atoms with Crippen LogP contribution in [0.15, 0.2) is 48.9 Å². The summed E-state index contributed by atoms with van der Waals surface area (Å²) in [5, 5.41) is 8.11. The molecule has 2 heterocycles. The van der Waals surface area contributed by atoms with Gasteiger partial charge >= 0.3 is 0 Å². The van der Waals surface area contributed by atoms with Crippen molar-refractivity contribution >= 4 is 16.8 Å². The number of nitrogens with two attached hydrogens (primary N) is 1. The van der Waals surface area contributed by atoms with E-state index in [1.54, 1.807) is 6.20 Å². The van der Waals surface area contributed by atoms with Crippen LogP contribution in [-0.2, 0) is 4.79 Å². The van der Waals surface area contributed by atoms with Crippen molar-refractivity contribution in [3.8, 4) is 0 Å². The van der Waals surface area contributed by atoms with Crippen molar-refractivity contribution in [1.29, 1.82) is 0 Å². The fourth-order valence-corrected chi connectivity index (χ4v) is 2.77. The first-order chi connectivity index (χ1) is 10.7. The molecule has 3 rings (SSSR count). The maximum absolute atomic E-state index is 11.0. The molecule has 2 aromatic heterocycles. The van der Waals surface area contributed by atoms with Gasteiger partial charge in [0.05, 0.1) is 11.7 Å². The molecule has 0 aliphatic rings. The van der Waals surface area contributed by atoms with Crippen LogP contribution < -0.4 is 5.73 Å². The largest absolute Gasteiger partial charge is 0.370 e. The van der Waals surface area contributed by atoms with Crippen LogP contribution in [0.4, 0.5) is 0 Å². The van der Waals surface area contributed by atoms with Crippen LogP contribution in [0.5, 0.6) is 0 Å². The molecule has 0 radical (unpaired) electrons. The molecule has 3 aromatic rings. The van der Waals surface area contributed by atoms with Gasteiger partial charge in [0.2, 0.25) is 5.91 Å². The zero-order valence-corrected chi connectivity index (χ0v) is 12.2. The summed E-state index contributed by atoms with van der Waals surface area (Å²) in [5.41, 5.74) is 8.62. The van der Waals surface area contributed by atoms with Crippen LogP contribution in [0.25, 0.3) is 10.9 Å². The third kappa shape index (κ3) is 3.14. The number of fused-ring (bicyclic) bond motifs is 1. The van der Waals surface area contributed by atoms with Gasteiger partial charge in [-0.2, -0.15) is 5.10 Å². The molecular weight excluding hydrogens is 276 g/mol. The minimum atomic E-state index is -0.254. The van der Waals surface area contributed by atoms with E-state index in [1.807, 2.05) is 24.5 Å². The SMILES string of the molecule is NC(=O)CCCC(c1cccnc1)c1ccc2[nH]ncc2c1. The number of aromatic nitrogens is 3. The monoisotopic (exact) mass is 294 g/mol. The van der Waals surface area contributed by atoms with Gasteiger partial charge in [-0.1, -0.05) is 12.1 Å². The maximum atomic E-state index is 11.0. The molecule has 112 valence electrons. The summed E-state index contributed by atoms with van der Waals surface area (Å²) in [6, 6.07) is 10.3. The number of benzene rings is 1. The molecule has 22 heavy (non-hydrogen) atoms. The Labute approximate surface area is 128 Å². The molecule has 1 amide bonds. The van der Waals surface area contributed by atoms with E-state index in [0.29, 0.717) is 6.42 Å². The highest BCUT2D eigenvalue weighted by Crippen LogP contribution is 2.30. The van der Waals surface area contributed by atoms with Crippen LogP contribution in [0.1, 0.15) is 36.3 Å². The molecular formula is C17H18N4O. The van der Waals surface area contributed by atoms with E-state index < -0.39 is 0 Å². The highest BCUT2D eigenvalue weighted by Gasteiger charge is 2.15. The Kier molecular flexibility index (Phi) is 4.14. The molecule has 0 aliphatic heterocycles. The lowest BCUT2D eigenvalue weighted by molar-refractivity contribution is -0.118. The lowest BCUT2D eigenvalue weighted by Gasteiger charge is -2.17. The third-order valence-corrected chi connectivity index (χ3v) is 3.87. The van der Waals surface area contributed by atoms with Crippen LogP contribution in [-0.4, -0.2) is 21.1 Å². The Balaban J connectivity index is 1.91. The topological polar surface area (TPSA) is 84.7 Å². The Bertz CT molecular complexity index is 766. The second-order valence-electron chi connectivity index (χ2n) is 5.41. The summed E-state index contributed by atoms with van der Waals surface area (Å²) < 4.78 is 0. The standard InChI is InChI=1S/C17H18N4O/c18-17(22)5-1-4-15(13-3-2-8-19-10-13)12-6-7-16-14(9-12)11-20-21-16/h2-3,6-11,15H,1,4-5H2,(H2,18,22)(H,20,21). The van der Waals surface area contributed by atoms with E-state index in [2.05, 4.69) is 33.4 Å². The number of pyridine rings is 1. The quantitative estimate of drug-likeness (QED) is 0.733. The molecule has 0 bridgehead atoms. The molecule has 0 fully saturated rings. The molecule has 0 saturated carbocycles. The number of carbonyl (C=O) groups is 1. The van der Waals surface area contributed by atoms with Crippen LogP contribution in [0.2, 0.25) is 0 Å². The Morgan fingerprint density at radius 3 is 2.91 bits per heavy atom. The smallest absolute Gasteiger partial charge is 0.217 e. The fourth-order valence-electron chi connectivity index (χ4n) is 2.77. The predicted molar refractivity (Wildman–Crippen MR) is 85.2 cm³/mol. The van der Waals surface area contributed by atoms with Crippen molar-refractivity contribution in [2.75, 3.05) is 0 Å². The van der Waals surface area contributed by atoms with Crippen molar-refractivity contribution < 1.29 is 4.79 Å². The second kappa shape index (κ2) is 6.39. The van der Waals surface area contributed by atoms with Crippen molar-refractivity contribution in [2.45, 2.75) is 25.2 Å². The summed E-state index contributed by atoms with van der Waals surface area (Å²) >= 11 is 0. The summed E-state index contributed by atoms with van der Waals surface area (Å²) in [6.07, 6.45) is 7.50. The number of primary amides is 1. The predicted octanol–water partition coefficient (Wildman–Crippen LogP) is 2.75. The third-order valence-electron chi connectivity index (χ3n) is 3.87. The molecule has 1 atom stereocenters. The zero-order chi connectivity index (χ0) is 15.4. The van der Waals surface area contributed by atoms with Gasteiger partial charge in [0.25, 0.3) is 0 Å². The molecule has 0 aliphatic carbocycles. The van der Waals surface area contributed by atoms with Crippen LogP contribution >= 0.6 is 0 Å². The van der Waals surface area contributed by atoms with Crippen molar-refractivity contribution in [3.05, 3.63) is 60.0 Å². The molecule has 1 aromatic carbocycles. The first-order valence-electron chi connectivity index (χ1n) is 7.35. The molecule has 0 spiro atoms. The van der Waals surface area contributed by atoms with Gasteiger partial charge in [-0.05, 0) is 42.2 Å². The van der Waals surface area contributed by atoms with Crippen LogP contribution in [0.3, 0.4) is 0 Å². The minimum Gasteiger partial charge on any atom is -0.370 e. The average Bonchev–Trinajstić information content (AvgIpc) is 2.99. The Morgan fingerprint density at radius 2 is 2.14 bits per heavy atom. The molecule has 3 N–H and O–H groups in total. The number of carbonyl (C=O) groups excluding carboxylic acids is 1. The summed E-state index contributed by atoms with van der Waals surface area (Å²) in [7, 11) is 0. The van der Waals surface area contributed by atoms with Crippen molar-refractivity contribution in [3.63, 3.8) is 0 Å². The van der Waals surface area contributed by atoms with Gasteiger partial charge in [0.15, 0.2) is 0 Å². The number of H-pyrrole nitrogens is 1. The molecule has 5 nitrogen and oxygen atoms in total. The fraction of sp³-hybridized carbons (Fsp3) is 0.235. The maximum Gasteiger partial charge on any atom is 0.217 e. The lowest BCUT2D eigenvalue weighted by Crippen LogP contribution is -2.11. The van der Waals surface area contributed by atoms with E-state index in [-0.39, 0.29) is 11.8 Å². The summed E-state index contributed by atoms with van der Waals surface area (Å²) in [4.78, 5) is 15.2. The Hall–Kier alpha value is -2.69. The highest BCUT2D eigenvalue weighted by atomic mass is 16.1. The number of hydrogen-bond donors (Lipinski definition) is 2. The van der Waals surface area contributed by atoms with Gasteiger partial charge in [-0.3, -0.25) is 14.9 Å². The van der Waals surface area contributed by atoms with E-state index >= 15 is 0 Å². The highest BCUT2D eigenvalue weighted by molar-refractivity contribution is 5.78. The first-order valence-corrected chi connectivity index (χ1v) is 7.35. The van der Waals surface area contributed by atoms with E-state index in [1.165, 1.54) is 5.56 Å². The number of nitrogens with one attached hydrogen (secondary N) is 1. The van der Waals surface area contributed by atoms with Crippen molar-refractivity contribution in [2.24, 2.45) is 5.73 Å². The van der Waals surface area contributed by atoms with Crippen LogP contribution in [0, 0.1) is 0 Å². The normalized spacial score (nSPS) is 12.4. The molecule has 0 saturated heterocycles. The summed E-state index contributed by atoms with van der Waals surface area (Å²) in [6.45, 7) is 0. The second-order valence-corrected chi connectivity index (χ2v) is 5.41. The number of aromatic amines is 1. The lowest BCUT2D eigenvalue weighted by atomic mass is 9.87. The van der Waals surface area contributed by atoms with E-state index in [0.717, 1.165) is 29.3 Å². The number of hydrogen-bond acceptors (Lipinski definition) is 3. The molecule has 1 unspecified atom stereocenters. The van der Waals surface area contributed by atoms with Gasteiger partial charge in [0.1, 0.15) is 0 Å². The van der Waals surface area contributed by atoms with Crippen molar-refractivity contribution in [1.82, 2.24) is 15.2 Å². The number of nitrogens with zero attached hydrogens (tertiary/aromatic N) is 2. The Morgan fingerprint density at radius 1 is 1.23 bits per heavy atom. The van der Waals surface area contributed by atoms with Gasteiger partial charge in [-0.25, -0.2) is 0 Å². The molecule has 5 heteroatoms. The number of rotatable bonds is 6. The summed E-state index contributed by atoms with van der Waals surface area (Å²) in [5.74, 6) is -0.0532. The van der Waals surface area contributed by atoms with E-state index in [9.17, 15) is 4.79 Å². The minimum absolute atomic E-state index is 0.201. The van der Waals surface area contributed by atoms with E-state index in [4.69, 9.17) is 5.73 Å². The first kappa shape index (κ1) is 14.3. The van der Waals surface area contributed by atoms with Gasteiger partial charge in [0, 0.05) is 30.1 Å². The number of amides is 1.